The first-order valence-electron chi connectivity index (χ1n) is 8.99. The quantitative estimate of drug-likeness (QED) is 0.797. The summed E-state index contributed by atoms with van der Waals surface area (Å²) >= 11 is 0. The average molecular weight is 329 g/mol. The number of hydrogen-bond acceptors (Lipinski definition) is 3. The molecule has 0 aromatic heterocycles. The minimum absolute atomic E-state index is 0.00242. The van der Waals surface area contributed by atoms with Crippen LogP contribution in [0, 0.1) is 5.92 Å². The van der Waals surface area contributed by atoms with Crippen LogP contribution in [0.2, 0.25) is 0 Å². The van der Waals surface area contributed by atoms with Gasteiger partial charge in [-0.3, -0.25) is 9.59 Å². The van der Waals surface area contributed by atoms with Gasteiger partial charge >= 0.3 is 0 Å². The van der Waals surface area contributed by atoms with Gasteiger partial charge in [-0.1, -0.05) is 25.1 Å². The van der Waals surface area contributed by atoms with Crippen LogP contribution in [0.3, 0.4) is 0 Å². The van der Waals surface area contributed by atoms with Gasteiger partial charge in [0.1, 0.15) is 6.42 Å². The molecular weight excluding hydrogens is 302 g/mol. The maximum Gasteiger partial charge on any atom is 0.232 e. The summed E-state index contributed by atoms with van der Waals surface area (Å²) in [6.45, 7) is 6.86. The molecule has 0 unspecified atom stereocenters. The van der Waals surface area contributed by atoms with Crippen LogP contribution in [-0.4, -0.2) is 60.9 Å². The fourth-order valence-corrected chi connectivity index (χ4v) is 3.46. The molecule has 0 bridgehead atoms. The van der Waals surface area contributed by atoms with E-state index in [-0.39, 0.29) is 18.2 Å². The van der Waals surface area contributed by atoms with E-state index in [1.807, 2.05) is 28.0 Å². The number of likely N-dealkylation sites (tertiary alicyclic amines) is 1. The Morgan fingerprint density at radius 1 is 0.875 bits per heavy atom. The van der Waals surface area contributed by atoms with Gasteiger partial charge in [0.05, 0.1) is 0 Å². The number of piperazine rings is 1. The van der Waals surface area contributed by atoms with Gasteiger partial charge in [-0.2, -0.15) is 0 Å². The van der Waals surface area contributed by atoms with Gasteiger partial charge in [0, 0.05) is 45.0 Å². The van der Waals surface area contributed by atoms with Crippen molar-refractivity contribution in [3.8, 4) is 0 Å². The van der Waals surface area contributed by atoms with E-state index in [1.54, 1.807) is 0 Å². The second-order valence-electron chi connectivity index (χ2n) is 6.94. The second-order valence-corrected chi connectivity index (χ2v) is 6.94. The summed E-state index contributed by atoms with van der Waals surface area (Å²) in [5.41, 5.74) is 1.20. The van der Waals surface area contributed by atoms with Crippen molar-refractivity contribution in [2.45, 2.75) is 26.2 Å². The molecule has 130 valence electrons. The third-order valence-corrected chi connectivity index (χ3v) is 5.19. The summed E-state index contributed by atoms with van der Waals surface area (Å²) in [7, 11) is 0. The van der Waals surface area contributed by atoms with Crippen molar-refractivity contribution in [2.75, 3.05) is 44.2 Å². The number of benzene rings is 1. The number of rotatable bonds is 3. The molecule has 5 heteroatoms. The molecule has 1 aromatic rings. The SMILES string of the molecule is CC1CCN(C(=O)CC(=O)N2CCN(c3ccccc3)CC2)CC1. The maximum atomic E-state index is 12.4. The van der Waals surface area contributed by atoms with Crippen molar-refractivity contribution in [3.63, 3.8) is 0 Å². The van der Waals surface area contributed by atoms with E-state index in [2.05, 4.69) is 24.0 Å². The normalized spacial score (nSPS) is 19.5. The van der Waals surface area contributed by atoms with E-state index < -0.39 is 0 Å². The van der Waals surface area contributed by atoms with Gasteiger partial charge in [0.2, 0.25) is 11.8 Å². The number of carbonyl (C=O) groups is 2. The Labute approximate surface area is 144 Å². The molecule has 0 aliphatic carbocycles. The highest BCUT2D eigenvalue weighted by atomic mass is 16.2. The van der Waals surface area contributed by atoms with Gasteiger partial charge in [-0.05, 0) is 30.9 Å². The van der Waals surface area contributed by atoms with E-state index in [0.29, 0.717) is 19.0 Å². The highest BCUT2D eigenvalue weighted by Gasteiger charge is 2.26. The van der Waals surface area contributed by atoms with E-state index in [9.17, 15) is 9.59 Å². The van der Waals surface area contributed by atoms with Crippen LogP contribution in [0.1, 0.15) is 26.2 Å². The highest BCUT2D eigenvalue weighted by molar-refractivity contribution is 5.97. The molecule has 2 aliphatic rings. The monoisotopic (exact) mass is 329 g/mol. The van der Waals surface area contributed by atoms with Crippen LogP contribution in [-0.2, 0) is 9.59 Å². The molecule has 1 aromatic carbocycles. The molecule has 0 saturated carbocycles. The predicted octanol–water partition coefficient (Wildman–Crippen LogP) is 1.98. The lowest BCUT2D eigenvalue weighted by molar-refractivity contribution is -0.141. The van der Waals surface area contributed by atoms with Crippen molar-refractivity contribution in [2.24, 2.45) is 5.92 Å². The molecule has 2 heterocycles. The Morgan fingerprint density at radius 3 is 2.00 bits per heavy atom. The van der Waals surface area contributed by atoms with Crippen LogP contribution in [0.5, 0.6) is 0 Å². The summed E-state index contributed by atoms with van der Waals surface area (Å²) in [5.74, 6) is 0.666. The van der Waals surface area contributed by atoms with Gasteiger partial charge in [-0.25, -0.2) is 0 Å². The lowest BCUT2D eigenvalue weighted by atomic mass is 9.99. The lowest BCUT2D eigenvalue weighted by Crippen LogP contribution is -2.50. The molecule has 2 saturated heterocycles. The first-order valence-corrected chi connectivity index (χ1v) is 8.99. The molecule has 2 amide bonds. The zero-order valence-corrected chi connectivity index (χ0v) is 14.5. The Kier molecular flexibility index (Phi) is 5.38. The number of nitrogens with zero attached hydrogens (tertiary/aromatic N) is 3. The molecular formula is C19H27N3O2. The first-order chi connectivity index (χ1) is 11.6. The van der Waals surface area contributed by atoms with Gasteiger partial charge in [0.25, 0.3) is 0 Å². The van der Waals surface area contributed by atoms with E-state index in [0.717, 1.165) is 39.0 Å². The average Bonchev–Trinajstić information content (AvgIpc) is 2.63. The minimum Gasteiger partial charge on any atom is -0.368 e. The Balaban J connectivity index is 1.46. The van der Waals surface area contributed by atoms with Crippen LogP contribution >= 0.6 is 0 Å². The van der Waals surface area contributed by atoms with Crippen molar-refractivity contribution in [1.82, 2.24) is 9.80 Å². The van der Waals surface area contributed by atoms with Gasteiger partial charge in [-0.15, -0.1) is 0 Å². The summed E-state index contributed by atoms with van der Waals surface area (Å²) in [6.07, 6.45) is 2.13. The Hall–Kier alpha value is -2.04. The second kappa shape index (κ2) is 7.69. The molecule has 0 radical (unpaired) electrons. The van der Waals surface area contributed by atoms with Gasteiger partial charge < -0.3 is 14.7 Å². The van der Waals surface area contributed by atoms with Crippen LogP contribution < -0.4 is 4.90 Å². The smallest absolute Gasteiger partial charge is 0.232 e. The Bertz CT molecular complexity index is 559. The van der Waals surface area contributed by atoms with E-state index in [4.69, 9.17) is 0 Å². The highest BCUT2D eigenvalue weighted by Crippen LogP contribution is 2.18. The minimum atomic E-state index is -0.0219. The number of anilines is 1. The first kappa shape index (κ1) is 16.8. The zero-order valence-electron chi connectivity index (χ0n) is 14.5. The fourth-order valence-electron chi connectivity index (χ4n) is 3.46. The largest absolute Gasteiger partial charge is 0.368 e. The molecule has 0 atom stereocenters. The summed E-state index contributed by atoms with van der Waals surface area (Å²) < 4.78 is 0. The summed E-state index contributed by atoms with van der Waals surface area (Å²) in [4.78, 5) is 30.7. The number of amides is 2. The van der Waals surface area contributed by atoms with Crippen LogP contribution in [0.25, 0.3) is 0 Å². The van der Waals surface area contributed by atoms with Crippen molar-refractivity contribution in [3.05, 3.63) is 30.3 Å². The molecule has 2 fully saturated rings. The van der Waals surface area contributed by atoms with Crippen molar-refractivity contribution >= 4 is 17.5 Å². The molecule has 3 rings (SSSR count). The zero-order chi connectivity index (χ0) is 16.9. The molecule has 0 N–H and O–H groups in total. The topological polar surface area (TPSA) is 43.9 Å². The van der Waals surface area contributed by atoms with Crippen molar-refractivity contribution < 1.29 is 9.59 Å². The van der Waals surface area contributed by atoms with E-state index >= 15 is 0 Å². The lowest BCUT2D eigenvalue weighted by Gasteiger charge is -2.36. The fraction of sp³-hybridized carbons (Fsp3) is 0.579. The Morgan fingerprint density at radius 2 is 1.42 bits per heavy atom. The molecule has 5 nitrogen and oxygen atoms in total. The molecule has 24 heavy (non-hydrogen) atoms. The number of piperidine rings is 1. The van der Waals surface area contributed by atoms with Crippen LogP contribution in [0.4, 0.5) is 5.69 Å². The van der Waals surface area contributed by atoms with E-state index in [1.165, 1.54) is 5.69 Å². The van der Waals surface area contributed by atoms with Gasteiger partial charge in [0.15, 0.2) is 0 Å². The molecule has 0 spiro atoms. The summed E-state index contributed by atoms with van der Waals surface area (Å²) in [6, 6.07) is 10.3. The number of carbonyl (C=O) groups excluding carboxylic acids is 2. The third-order valence-electron chi connectivity index (χ3n) is 5.19. The number of para-hydroxylation sites is 1. The third kappa shape index (κ3) is 4.08. The predicted molar refractivity (Wildman–Crippen MR) is 94.8 cm³/mol. The van der Waals surface area contributed by atoms with Crippen LogP contribution in [0.15, 0.2) is 30.3 Å². The van der Waals surface area contributed by atoms with Crippen molar-refractivity contribution in [1.29, 1.82) is 0 Å². The maximum absolute atomic E-state index is 12.4. The standard InChI is InChI=1S/C19H27N3O2/c1-16-7-9-21(10-8-16)18(23)15-19(24)22-13-11-20(12-14-22)17-5-3-2-4-6-17/h2-6,16H,7-15H2,1H3. The number of hydrogen-bond donors (Lipinski definition) is 0. The summed E-state index contributed by atoms with van der Waals surface area (Å²) in [5, 5.41) is 0. The molecule has 2 aliphatic heterocycles.